The van der Waals surface area contributed by atoms with E-state index < -0.39 is 0 Å². The van der Waals surface area contributed by atoms with Crippen molar-refractivity contribution < 1.29 is 4.74 Å². The number of tetrazole rings is 1. The standard InChI is InChI=1S/C12H17N5O/c1-8-4-5-11(18-3)10(6-8)9(2)13-7-12-14-16-17-15-12/h4-6,9,13H,7H2,1-3H3,(H,14,15,16,17). The van der Waals surface area contributed by atoms with Crippen molar-refractivity contribution in [1.29, 1.82) is 0 Å². The van der Waals surface area contributed by atoms with E-state index in [9.17, 15) is 0 Å². The molecule has 18 heavy (non-hydrogen) atoms. The molecule has 1 unspecified atom stereocenters. The first-order valence-corrected chi connectivity index (χ1v) is 5.81. The molecule has 0 aliphatic heterocycles. The predicted molar refractivity (Wildman–Crippen MR) is 67.2 cm³/mol. The van der Waals surface area contributed by atoms with Crippen molar-refractivity contribution in [3.8, 4) is 5.75 Å². The third-order valence-corrected chi connectivity index (χ3v) is 2.81. The second kappa shape index (κ2) is 5.59. The fourth-order valence-corrected chi connectivity index (χ4v) is 1.80. The first kappa shape index (κ1) is 12.5. The lowest BCUT2D eigenvalue weighted by Crippen LogP contribution is -2.19. The molecule has 0 bridgehead atoms. The van der Waals surface area contributed by atoms with Gasteiger partial charge in [-0.2, -0.15) is 5.21 Å². The van der Waals surface area contributed by atoms with Crippen LogP contribution in [0.5, 0.6) is 5.75 Å². The van der Waals surface area contributed by atoms with Gasteiger partial charge in [-0.15, -0.1) is 10.2 Å². The van der Waals surface area contributed by atoms with Gasteiger partial charge in [0, 0.05) is 11.6 Å². The second-order valence-electron chi connectivity index (χ2n) is 4.18. The van der Waals surface area contributed by atoms with E-state index >= 15 is 0 Å². The van der Waals surface area contributed by atoms with Crippen LogP contribution in [0.1, 0.15) is 29.9 Å². The number of aromatic nitrogens is 4. The van der Waals surface area contributed by atoms with Gasteiger partial charge < -0.3 is 10.1 Å². The SMILES string of the molecule is COc1ccc(C)cc1C(C)NCc1nn[nH]n1. The van der Waals surface area contributed by atoms with Gasteiger partial charge in [-0.25, -0.2) is 0 Å². The molecule has 0 saturated carbocycles. The lowest BCUT2D eigenvalue weighted by molar-refractivity contribution is 0.401. The van der Waals surface area contributed by atoms with Crippen LogP contribution in [0.4, 0.5) is 0 Å². The maximum atomic E-state index is 5.37. The highest BCUT2D eigenvalue weighted by atomic mass is 16.5. The molecule has 0 radical (unpaired) electrons. The number of aryl methyl sites for hydroxylation is 1. The molecule has 6 nitrogen and oxygen atoms in total. The van der Waals surface area contributed by atoms with Crippen LogP contribution < -0.4 is 10.1 Å². The Morgan fingerprint density at radius 1 is 1.44 bits per heavy atom. The highest BCUT2D eigenvalue weighted by Gasteiger charge is 2.12. The molecular formula is C12H17N5O. The first-order valence-electron chi connectivity index (χ1n) is 5.81. The molecule has 96 valence electrons. The van der Waals surface area contributed by atoms with Crippen molar-refractivity contribution in [1.82, 2.24) is 25.9 Å². The summed E-state index contributed by atoms with van der Waals surface area (Å²) in [5.41, 5.74) is 2.33. The monoisotopic (exact) mass is 247 g/mol. The third kappa shape index (κ3) is 2.84. The lowest BCUT2D eigenvalue weighted by atomic mass is 10.0. The van der Waals surface area contributed by atoms with Crippen molar-refractivity contribution in [2.75, 3.05) is 7.11 Å². The summed E-state index contributed by atoms with van der Waals surface area (Å²) in [4.78, 5) is 0. The lowest BCUT2D eigenvalue weighted by Gasteiger charge is -2.17. The van der Waals surface area contributed by atoms with Crippen molar-refractivity contribution in [3.05, 3.63) is 35.2 Å². The quantitative estimate of drug-likeness (QED) is 0.834. The van der Waals surface area contributed by atoms with Crippen LogP contribution in [0.2, 0.25) is 0 Å². The summed E-state index contributed by atoms with van der Waals surface area (Å²) in [6.07, 6.45) is 0. The van der Waals surface area contributed by atoms with E-state index in [0.717, 1.165) is 11.3 Å². The first-order chi connectivity index (χ1) is 8.70. The molecule has 2 N–H and O–H groups in total. The Morgan fingerprint density at radius 3 is 2.94 bits per heavy atom. The number of hydrogen-bond acceptors (Lipinski definition) is 5. The fraction of sp³-hybridized carbons (Fsp3) is 0.417. The molecular weight excluding hydrogens is 230 g/mol. The van der Waals surface area contributed by atoms with Gasteiger partial charge in [0.05, 0.1) is 13.7 Å². The molecule has 0 aliphatic carbocycles. The van der Waals surface area contributed by atoms with Gasteiger partial charge in [-0.3, -0.25) is 0 Å². The number of nitrogens with one attached hydrogen (secondary N) is 2. The third-order valence-electron chi connectivity index (χ3n) is 2.81. The summed E-state index contributed by atoms with van der Waals surface area (Å²) in [6.45, 7) is 4.71. The molecule has 1 heterocycles. The summed E-state index contributed by atoms with van der Waals surface area (Å²) >= 11 is 0. The van der Waals surface area contributed by atoms with Crippen LogP contribution in [-0.2, 0) is 6.54 Å². The Balaban J connectivity index is 2.08. The van der Waals surface area contributed by atoms with Crippen LogP contribution >= 0.6 is 0 Å². The number of aromatic amines is 1. The van der Waals surface area contributed by atoms with E-state index in [1.165, 1.54) is 5.56 Å². The topological polar surface area (TPSA) is 75.7 Å². The minimum Gasteiger partial charge on any atom is -0.496 e. The van der Waals surface area contributed by atoms with E-state index in [1.807, 2.05) is 12.1 Å². The fourth-order valence-electron chi connectivity index (χ4n) is 1.80. The number of nitrogens with zero attached hydrogens (tertiary/aromatic N) is 3. The Bertz CT molecular complexity index is 497. The van der Waals surface area contributed by atoms with Crippen LogP contribution in [0.25, 0.3) is 0 Å². The molecule has 0 fully saturated rings. The summed E-state index contributed by atoms with van der Waals surface area (Å²) in [5.74, 6) is 1.53. The number of hydrogen-bond donors (Lipinski definition) is 2. The summed E-state index contributed by atoms with van der Waals surface area (Å²) in [5, 5.41) is 17.1. The number of H-pyrrole nitrogens is 1. The maximum Gasteiger partial charge on any atom is 0.188 e. The van der Waals surface area contributed by atoms with Crippen LogP contribution in [-0.4, -0.2) is 27.7 Å². The van der Waals surface area contributed by atoms with E-state index in [2.05, 4.69) is 45.9 Å². The predicted octanol–water partition coefficient (Wildman–Crippen LogP) is 1.37. The Labute approximate surface area is 106 Å². The zero-order chi connectivity index (χ0) is 13.0. The number of rotatable bonds is 5. The van der Waals surface area contributed by atoms with Gasteiger partial charge in [0.15, 0.2) is 5.82 Å². The van der Waals surface area contributed by atoms with Gasteiger partial charge in [0.2, 0.25) is 0 Å². The summed E-state index contributed by atoms with van der Waals surface area (Å²) in [6, 6.07) is 6.29. The number of methoxy groups -OCH3 is 1. The van der Waals surface area contributed by atoms with Gasteiger partial charge in [0.1, 0.15) is 5.75 Å². The van der Waals surface area contributed by atoms with E-state index in [0.29, 0.717) is 12.4 Å². The van der Waals surface area contributed by atoms with Crippen molar-refractivity contribution in [3.63, 3.8) is 0 Å². The molecule has 0 saturated heterocycles. The minimum absolute atomic E-state index is 0.151. The van der Waals surface area contributed by atoms with E-state index in [1.54, 1.807) is 7.11 Å². The average molecular weight is 247 g/mol. The van der Waals surface area contributed by atoms with Crippen molar-refractivity contribution in [2.45, 2.75) is 26.4 Å². The molecule has 2 rings (SSSR count). The highest BCUT2D eigenvalue weighted by molar-refractivity contribution is 5.38. The molecule has 2 aromatic rings. The minimum atomic E-state index is 0.151. The molecule has 0 spiro atoms. The smallest absolute Gasteiger partial charge is 0.188 e. The van der Waals surface area contributed by atoms with Crippen LogP contribution in [0, 0.1) is 6.92 Å². The van der Waals surface area contributed by atoms with Crippen molar-refractivity contribution in [2.24, 2.45) is 0 Å². The van der Waals surface area contributed by atoms with Crippen molar-refractivity contribution >= 4 is 0 Å². The number of benzene rings is 1. The normalized spacial score (nSPS) is 12.4. The second-order valence-corrected chi connectivity index (χ2v) is 4.18. The molecule has 6 heteroatoms. The van der Waals surface area contributed by atoms with Crippen LogP contribution in [0.3, 0.4) is 0 Å². The molecule has 0 amide bonds. The van der Waals surface area contributed by atoms with Gasteiger partial charge in [-0.1, -0.05) is 22.9 Å². The average Bonchev–Trinajstić information content (AvgIpc) is 2.89. The molecule has 1 aromatic heterocycles. The van der Waals surface area contributed by atoms with Gasteiger partial charge in [0.25, 0.3) is 0 Å². The summed E-state index contributed by atoms with van der Waals surface area (Å²) < 4.78 is 5.37. The molecule has 0 aliphatic rings. The van der Waals surface area contributed by atoms with E-state index in [4.69, 9.17) is 4.74 Å². The molecule has 1 aromatic carbocycles. The molecule has 1 atom stereocenters. The van der Waals surface area contributed by atoms with E-state index in [-0.39, 0.29) is 6.04 Å². The number of ether oxygens (including phenoxy) is 1. The highest BCUT2D eigenvalue weighted by Crippen LogP contribution is 2.26. The maximum absolute atomic E-state index is 5.37. The zero-order valence-electron chi connectivity index (χ0n) is 10.8. The largest absolute Gasteiger partial charge is 0.496 e. The Morgan fingerprint density at radius 2 is 2.28 bits per heavy atom. The van der Waals surface area contributed by atoms with Gasteiger partial charge in [-0.05, 0) is 19.9 Å². The van der Waals surface area contributed by atoms with Gasteiger partial charge >= 0.3 is 0 Å². The Kier molecular flexibility index (Phi) is 3.88. The summed E-state index contributed by atoms with van der Waals surface area (Å²) in [7, 11) is 1.68. The Hall–Kier alpha value is -1.95. The van der Waals surface area contributed by atoms with Crippen LogP contribution in [0.15, 0.2) is 18.2 Å². The zero-order valence-corrected chi connectivity index (χ0v) is 10.8.